The Balaban J connectivity index is 1.69. The van der Waals surface area contributed by atoms with Crippen LogP contribution in [-0.4, -0.2) is 26.4 Å². The van der Waals surface area contributed by atoms with Crippen LogP contribution in [0.1, 0.15) is 6.92 Å². The van der Waals surface area contributed by atoms with E-state index in [-0.39, 0.29) is 15.9 Å². The molecule has 2 aromatic heterocycles. The van der Waals surface area contributed by atoms with Gasteiger partial charge in [0, 0.05) is 17.1 Å². The molecule has 0 spiro atoms. The van der Waals surface area contributed by atoms with E-state index in [1.54, 1.807) is 18.4 Å². The number of benzene rings is 1. The second kappa shape index (κ2) is 8.00. The molecule has 6 nitrogen and oxygen atoms in total. The van der Waals surface area contributed by atoms with Crippen LogP contribution in [0.25, 0.3) is 11.6 Å². The van der Waals surface area contributed by atoms with Crippen molar-refractivity contribution in [3.63, 3.8) is 0 Å². The SMILES string of the molecule is CCn1c(SCC(=O)Nc2c(F)cc(F)cc2Br)nnc1-c1ccco1. The van der Waals surface area contributed by atoms with Crippen molar-refractivity contribution in [1.29, 1.82) is 0 Å². The van der Waals surface area contributed by atoms with Crippen molar-refractivity contribution in [3.8, 4) is 11.6 Å². The minimum absolute atomic E-state index is 0.0143. The first kappa shape index (κ1) is 18.6. The van der Waals surface area contributed by atoms with Crippen LogP contribution < -0.4 is 5.32 Å². The number of rotatable bonds is 6. The average Bonchev–Trinajstić information content (AvgIpc) is 3.24. The van der Waals surface area contributed by atoms with Crippen molar-refractivity contribution in [2.24, 2.45) is 0 Å². The van der Waals surface area contributed by atoms with Gasteiger partial charge in [-0.1, -0.05) is 11.8 Å². The topological polar surface area (TPSA) is 73.0 Å². The van der Waals surface area contributed by atoms with Crippen LogP contribution in [0.4, 0.5) is 14.5 Å². The summed E-state index contributed by atoms with van der Waals surface area (Å²) >= 11 is 4.19. The molecule has 2 heterocycles. The molecule has 0 unspecified atom stereocenters. The van der Waals surface area contributed by atoms with Gasteiger partial charge in [0.05, 0.1) is 17.7 Å². The summed E-state index contributed by atoms with van der Waals surface area (Å²) in [4.78, 5) is 12.1. The standard InChI is InChI=1S/C16H13BrF2N4O2S/c1-2-23-15(12-4-3-5-25-12)21-22-16(23)26-8-13(24)20-14-10(17)6-9(18)7-11(14)19/h3-7H,2,8H2,1H3,(H,20,24). The Morgan fingerprint density at radius 2 is 2.19 bits per heavy atom. The van der Waals surface area contributed by atoms with Crippen LogP contribution in [0.5, 0.6) is 0 Å². The molecule has 0 saturated heterocycles. The zero-order valence-electron chi connectivity index (χ0n) is 13.5. The Labute approximate surface area is 160 Å². The van der Waals surface area contributed by atoms with Gasteiger partial charge in [0.25, 0.3) is 0 Å². The summed E-state index contributed by atoms with van der Waals surface area (Å²) in [6, 6.07) is 5.30. The van der Waals surface area contributed by atoms with Crippen LogP contribution >= 0.6 is 27.7 Å². The van der Waals surface area contributed by atoms with E-state index in [1.807, 2.05) is 11.5 Å². The molecule has 0 radical (unpaired) electrons. The molecule has 0 fully saturated rings. The highest BCUT2D eigenvalue weighted by molar-refractivity contribution is 9.10. The van der Waals surface area contributed by atoms with Crippen molar-refractivity contribution < 1.29 is 18.0 Å². The van der Waals surface area contributed by atoms with E-state index in [0.29, 0.717) is 29.4 Å². The van der Waals surface area contributed by atoms with Gasteiger partial charge in [0.1, 0.15) is 5.82 Å². The van der Waals surface area contributed by atoms with Crippen molar-refractivity contribution in [3.05, 3.63) is 46.6 Å². The number of carbonyl (C=O) groups is 1. The number of thioether (sulfide) groups is 1. The van der Waals surface area contributed by atoms with E-state index in [4.69, 9.17) is 4.42 Å². The largest absolute Gasteiger partial charge is 0.461 e. The lowest BCUT2D eigenvalue weighted by Crippen LogP contribution is -2.16. The molecule has 10 heteroatoms. The summed E-state index contributed by atoms with van der Waals surface area (Å²) in [5.41, 5.74) is -0.106. The Kier molecular flexibility index (Phi) is 5.72. The second-order valence-corrected chi connectivity index (χ2v) is 6.91. The van der Waals surface area contributed by atoms with Crippen molar-refractivity contribution in [2.75, 3.05) is 11.1 Å². The Morgan fingerprint density at radius 3 is 2.85 bits per heavy atom. The minimum atomic E-state index is -0.855. The first-order valence-electron chi connectivity index (χ1n) is 7.54. The van der Waals surface area contributed by atoms with Gasteiger partial charge < -0.3 is 9.73 Å². The summed E-state index contributed by atoms with van der Waals surface area (Å²) in [6.45, 7) is 2.51. The predicted molar refractivity (Wildman–Crippen MR) is 96.8 cm³/mol. The van der Waals surface area contributed by atoms with Gasteiger partial charge >= 0.3 is 0 Å². The first-order chi connectivity index (χ1) is 12.5. The highest BCUT2D eigenvalue weighted by atomic mass is 79.9. The predicted octanol–water partition coefficient (Wildman–Crippen LogP) is 4.33. The quantitative estimate of drug-likeness (QED) is 0.575. The lowest BCUT2D eigenvalue weighted by Gasteiger charge is -2.09. The third-order valence-corrected chi connectivity index (χ3v) is 4.97. The molecular formula is C16H13BrF2N4O2S. The molecular weight excluding hydrogens is 430 g/mol. The normalized spacial score (nSPS) is 10.9. The van der Waals surface area contributed by atoms with Crippen molar-refractivity contribution in [1.82, 2.24) is 14.8 Å². The van der Waals surface area contributed by atoms with Gasteiger partial charge in [-0.15, -0.1) is 10.2 Å². The summed E-state index contributed by atoms with van der Waals surface area (Å²) in [7, 11) is 0. The molecule has 3 rings (SSSR count). The van der Waals surface area contributed by atoms with Gasteiger partial charge in [-0.2, -0.15) is 0 Å². The van der Waals surface area contributed by atoms with Crippen molar-refractivity contribution in [2.45, 2.75) is 18.6 Å². The fourth-order valence-corrected chi connectivity index (χ4v) is 3.55. The number of hydrogen-bond donors (Lipinski definition) is 1. The number of hydrogen-bond acceptors (Lipinski definition) is 5. The molecule has 0 aliphatic carbocycles. The van der Waals surface area contributed by atoms with Crippen LogP contribution in [-0.2, 0) is 11.3 Å². The number of anilines is 1. The van der Waals surface area contributed by atoms with Crippen molar-refractivity contribution >= 4 is 39.3 Å². The molecule has 26 heavy (non-hydrogen) atoms. The zero-order valence-corrected chi connectivity index (χ0v) is 15.9. The Morgan fingerprint density at radius 1 is 1.38 bits per heavy atom. The molecule has 0 aliphatic heterocycles. The smallest absolute Gasteiger partial charge is 0.234 e. The van der Waals surface area contributed by atoms with Gasteiger partial charge in [-0.25, -0.2) is 8.78 Å². The molecule has 1 aromatic carbocycles. The van der Waals surface area contributed by atoms with Gasteiger partial charge in [-0.05, 0) is 41.1 Å². The molecule has 1 amide bonds. The monoisotopic (exact) mass is 442 g/mol. The van der Waals surface area contributed by atoms with E-state index in [1.165, 1.54) is 0 Å². The molecule has 3 aromatic rings. The number of furan rings is 1. The highest BCUT2D eigenvalue weighted by Crippen LogP contribution is 2.28. The Hall–Kier alpha value is -2.20. The van der Waals surface area contributed by atoms with E-state index in [0.717, 1.165) is 17.8 Å². The lowest BCUT2D eigenvalue weighted by atomic mass is 10.3. The van der Waals surface area contributed by atoms with Crippen LogP contribution in [0.3, 0.4) is 0 Å². The summed E-state index contributed by atoms with van der Waals surface area (Å²) in [5, 5.41) is 11.1. The maximum atomic E-state index is 13.8. The van der Waals surface area contributed by atoms with E-state index < -0.39 is 17.5 Å². The average molecular weight is 443 g/mol. The lowest BCUT2D eigenvalue weighted by molar-refractivity contribution is -0.113. The van der Waals surface area contributed by atoms with Gasteiger partial charge in [0.2, 0.25) is 5.91 Å². The molecule has 0 saturated carbocycles. The van der Waals surface area contributed by atoms with Crippen LogP contribution in [0, 0.1) is 11.6 Å². The minimum Gasteiger partial charge on any atom is -0.461 e. The summed E-state index contributed by atoms with van der Waals surface area (Å²) in [6.07, 6.45) is 1.54. The van der Waals surface area contributed by atoms with E-state index >= 15 is 0 Å². The summed E-state index contributed by atoms with van der Waals surface area (Å²) < 4.78 is 34.2. The fraction of sp³-hybridized carbons (Fsp3) is 0.188. The zero-order chi connectivity index (χ0) is 18.7. The summed E-state index contributed by atoms with van der Waals surface area (Å²) in [5.74, 6) is -0.915. The molecule has 0 atom stereocenters. The van der Waals surface area contributed by atoms with Crippen LogP contribution in [0.15, 0.2) is 44.6 Å². The Bertz CT molecular complexity index is 907. The van der Waals surface area contributed by atoms with E-state index in [2.05, 4.69) is 31.4 Å². The molecule has 0 bridgehead atoms. The third-order valence-electron chi connectivity index (χ3n) is 3.38. The fourth-order valence-electron chi connectivity index (χ4n) is 2.24. The number of carbonyl (C=O) groups excluding carboxylic acids is 1. The number of halogens is 3. The third kappa shape index (κ3) is 3.96. The van der Waals surface area contributed by atoms with Gasteiger partial charge in [-0.3, -0.25) is 9.36 Å². The number of nitrogens with one attached hydrogen (secondary N) is 1. The maximum absolute atomic E-state index is 13.8. The first-order valence-corrected chi connectivity index (χ1v) is 9.31. The van der Waals surface area contributed by atoms with E-state index in [9.17, 15) is 13.6 Å². The number of amides is 1. The number of aromatic nitrogens is 3. The molecule has 136 valence electrons. The maximum Gasteiger partial charge on any atom is 0.234 e. The second-order valence-electron chi connectivity index (χ2n) is 5.11. The van der Waals surface area contributed by atoms with Gasteiger partial charge in [0.15, 0.2) is 22.6 Å². The van der Waals surface area contributed by atoms with Crippen LogP contribution in [0.2, 0.25) is 0 Å². The number of nitrogens with zero attached hydrogens (tertiary/aromatic N) is 3. The molecule has 0 aliphatic rings. The highest BCUT2D eigenvalue weighted by Gasteiger charge is 2.17. The molecule has 1 N–H and O–H groups in total.